The van der Waals surface area contributed by atoms with Crippen LogP contribution in [0.1, 0.15) is 31.2 Å². The Bertz CT molecular complexity index is 427. The first-order valence-electron chi connectivity index (χ1n) is 6.22. The van der Waals surface area contributed by atoms with Gasteiger partial charge in [-0.3, -0.25) is 4.79 Å². The van der Waals surface area contributed by atoms with Crippen LogP contribution in [-0.2, 0) is 14.3 Å². The van der Waals surface area contributed by atoms with E-state index in [2.05, 4.69) is 0 Å². The quantitative estimate of drug-likeness (QED) is 0.751. The molecule has 0 aromatic heterocycles. The molecule has 1 atom stereocenters. The summed E-state index contributed by atoms with van der Waals surface area (Å²) < 4.78 is 10.9. The second-order valence-corrected chi connectivity index (χ2v) is 5.33. The predicted molar refractivity (Wildman–Crippen MR) is 74.6 cm³/mol. The lowest BCUT2D eigenvalue weighted by Gasteiger charge is -2.36. The first kappa shape index (κ1) is 14.8. The maximum absolute atomic E-state index is 11.6. The summed E-state index contributed by atoms with van der Waals surface area (Å²) in [6.07, 6.45) is 0.649. The monoisotopic (exact) mass is 302 g/mol. The Balaban J connectivity index is 2.04. The van der Waals surface area contributed by atoms with E-state index in [4.69, 9.17) is 32.7 Å². The van der Waals surface area contributed by atoms with Crippen LogP contribution in [0, 0.1) is 0 Å². The third-order valence-electron chi connectivity index (χ3n) is 3.13. The molecule has 0 bridgehead atoms. The van der Waals surface area contributed by atoms with Crippen LogP contribution in [0.15, 0.2) is 24.3 Å². The summed E-state index contributed by atoms with van der Waals surface area (Å²) in [6, 6.07) is 7.49. The third-order valence-corrected chi connectivity index (χ3v) is 3.68. The van der Waals surface area contributed by atoms with Gasteiger partial charge in [0.1, 0.15) is 5.78 Å². The Morgan fingerprint density at radius 1 is 1.32 bits per heavy atom. The van der Waals surface area contributed by atoms with Gasteiger partial charge in [0, 0.05) is 17.9 Å². The molecular formula is C14H16Cl2O3. The number of hydrogen-bond acceptors (Lipinski definition) is 3. The van der Waals surface area contributed by atoms with E-state index in [0.717, 1.165) is 5.56 Å². The van der Waals surface area contributed by atoms with E-state index in [1.807, 2.05) is 31.2 Å². The number of ketones is 1. The summed E-state index contributed by atoms with van der Waals surface area (Å²) in [4.78, 5) is 11.6. The number of hydrogen-bond donors (Lipinski definition) is 0. The molecule has 0 N–H and O–H groups in total. The Hall–Kier alpha value is -0.610. The molecule has 3 nitrogen and oxygen atoms in total. The molecule has 0 radical (unpaired) electrons. The number of rotatable bonds is 6. The number of ether oxygens (including phenoxy) is 2. The lowest BCUT2D eigenvalue weighted by Crippen LogP contribution is -2.39. The van der Waals surface area contributed by atoms with Crippen molar-refractivity contribution in [2.24, 2.45) is 0 Å². The van der Waals surface area contributed by atoms with Crippen molar-refractivity contribution in [3.8, 4) is 0 Å². The highest BCUT2D eigenvalue weighted by molar-refractivity contribution is 6.30. The minimum atomic E-state index is -0.237. The SMILES string of the molecule is CC1OC(CC(CC(=O)CCl)c2ccc(Cl)cc2)O1. The van der Waals surface area contributed by atoms with Gasteiger partial charge >= 0.3 is 0 Å². The Morgan fingerprint density at radius 2 is 1.95 bits per heavy atom. The van der Waals surface area contributed by atoms with E-state index in [9.17, 15) is 4.79 Å². The summed E-state index contributed by atoms with van der Waals surface area (Å²) in [6.45, 7) is 1.84. The zero-order valence-electron chi connectivity index (χ0n) is 10.6. The summed E-state index contributed by atoms with van der Waals surface area (Å²) in [5.74, 6) is 0.0994. The number of carbonyl (C=O) groups is 1. The molecule has 0 amide bonds. The average molecular weight is 303 g/mol. The number of alkyl halides is 1. The van der Waals surface area contributed by atoms with Gasteiger partial charge in [-0.1, -0.05) is 23.7 Å². The fourth-order valence-corrected chi connectivity index (χ4v) is 2.42. The van der Waals surface area contributed by atoms with Gasteiger partial charge in [0.05, 0.1) is 5.88 Å². The van der Waals surface area contributed by atoms with Gasteiger partial charge in [0.25, 0.3) is 0 Å². The Kier molecular flexibility index (Phi) is 5.22. The van der Waals surface area contributed by atoms with Crippen LogP contribution in [0.25, 0.3) is 0 Å². The van der Waals surface area contributed by atoms with E-state index >= 15 is 0 Å². The van der Waals surface area contributed by atoms with Crippen LogP contribution in [-0.4, -0.2) is 24.2 Å². The van der Waals surface area contributed by atoms with E-state index in [1.54, 1.807) is 0 Å². The molecule has 1 aromatic carbocycles. The Morgan fingerprint density at radius 3 is 2.47 bits per heavy atom. The number of carbonyl (C=O) groups excluding carboxylic acids is 1. The van der Waals surface area contributed by atoms with E-state index in [-0.39, 0.29) is 30.2 Å². The molecule has 1 fully saturated rings. The molecule has 19 heavy (non-hydrogen) atoms. The van der Waals surface area contributed by atoms with Gasteiger partial charge in [0.15, 0.2) is 12.6 Å². The van der Waals surface area contributed by atoms with Crippen molar-refractivity contribution >= 4 is 29.0 Å². The van der Waals surface area contributed by atoms with Crippen LogP contribution >= 0.6 is 23.2 Å². The zero-order chi connectivity index (χ0) is 13.8. The fourth-order valence-electron chi connectivity index (χ4n) is 2.18. The van der Waals surface area contributed by atoms with Crippen LogP contribution < -0.4 is 0 Å². The molecule has 5 heteroatoms. The van der Waals surface area contributed by atoms with E-state index in [0.29, 0.717) is 17.9 Å². The van der Waals surface area contributed by atoms with Crippen molar-refractivity contribution in [1.82, 2.24) is 0 Å². The van der Waals surface area contributed by atoms with E-state index in [1.165, 1.54) is 0 Å². The highest BCUT2D eigenvalue weighted by Gasteiger charge is 2.30. The second kappa shape index (κ2) is 6.71. The molecule has 1 aliphatic rings. The van der Waals surface area contributed by atoms with Gasteiger partial charge in [-0.2, -0.15) is 0 Å². The van der Waals surface area contributed by atoms with Crippen LogP contribution in [0.5, 0.6) is 0 Å². The summed E-state index contributed by atoms with van der Waals surface area (Å²) in [7, 11) is 0. The van der Waals surface area contributed by atoms with Gasteiger partial charge in [-0.25, -0.2) is 0 Å². The van der Waals surface area contributed by atoms with Crippen molar-refractivity contribution < 1.29 is 14.3 Å². The lowest BCUT2D eigenvalue weighted by molar-refractivity contribution is -0.378. The first-order valence-corrected chi connectivity index (χ1v) is 7.13. The maximum atomic E-state index is 11.6. The molecule has 2 rings (SSSR count). The molecule has 1 unspecified atom stereocenters. The maximum Gasteiger partial charge on any atom is 0.164 e. The summed E-state index contributed by atoms with van der Waals surface area (Å²) in [5.41, 5.74) is 1.05. The van der Waals surface area contributed by atoms with Gasteiger partial charge in [-0.05, 0) is 30.5 Å². The van der Waals surface area contributed by atoms with Gasteiger partial charge in [-0.15, -0.1) is 11.6 Å². The molecule has 0 spiro atoms. The highest BCUT2D eigenvalue weighted by atomic mass is 35.5. The molecular weight excluding hydrogens is 287 g/mol. The average Bonchev–Trinajstić information content (AvgIpc) is 2.36. The molecule has 0 saturated carbocycles. The van der Waals surface area contributed by atoms with Crippen LogP contribution in [0.2, 0.25) is 5.02 Å². The minimum absolute atomic E-state index is 0.0222. The van der Waals surface area contributed by atoms with Crippen molar-refractivity contribution in [2.75, 3.05) is 5.88 Å². The van der Waals surface area contributed by atoms with Crippen molar-refractivity contribution in [3.05, 3.63) is 34.9 Å². The normalized spacial score (nSPS) is 23.7. The fraction of sp³-hybridized carbons (Fsp3) is 0.500. The topological polar surface area (TPSA) is 35.5 Å². The van der Waals surface area contributed by atoms with Crippen molar-refractivity contribution in [3.63, 3.8) is 0 Å². The van der Waals surface area contributed by atoms with Crippen molar-refractivity contribution in [2.45, 2.75) is 38.3 Å². The van der Waals surface area contributed by atoms with Gasteiger partial charge < -0.3 is 9.47 Å². The second-order valence-electron chi connectivity index (χ2n) is 4.63. The first-order chi connectivity index (χ1) is 9.08. The number of benzene rings is 1. The summed E-state index contributed by atoms with van der Waals surface area (Å²) in [5, 5.41) is 0.677. The van der Waals surface area contributed by atoms with Gasteiger partial charge in [0.2, 0.25) is 0 Å². The lowest BCUT2D eigenvalue weighted by atomic mass is 9.90. The Labute approximate surface area is 122 Å². The van der Waals surface area contributed by atoms with E-state index < -0.39 is 0 Å². The largest absolute Gasteiger partial charge is 0.324 e. The molecule has 1 heterocycles. The van der Waals surface area contributed by atoms with Crippen molar-refractivity contribution in [1.29, 1.82) is 0 Å². The minimum Gasteiger partial charge on any atom is -0.324 e. The zero-order valence-corrected chi connectivity index (χ0v) is 12.2. The molecule has 1 aromatic rings. The van der Waals surface area contributed by atoms with Crippen LogP contribution in [0.3, 0.4) is 0 Å². The standard InChI is InChI=1S/C14H16Cl2O3/c1-9-18-14(19-9)7-11(6-13(17)8-15)10-2-4-12(16)5-3-10/h2-5,9,11,14H,6-8H2,1H3. The number of Topliss-reactive ketones (excluding diaryl/α,β-unsaturated/α-hetero) is 1. The smallest absolute Gasteiger partial charge is 0.164 e. The highest BCUT2D eigenvalue weighted by Crippen LogP contribution is 2.31. The third kappa shape index (κ3) is 4.18. The molecule has 104 valence electrons. The summed E-state index contributed by atoms with van der Waals surface area (Å²) >= 11 is 11.5. The molecule has 1 saturated heterocycles. The predicted octanol–water partition coefficient (Wildman–Crippen LogP) is 3.73. The molecule has 1 aliphatic heterocycles. The molecule has 0 aliphatic carbocycles. The van der Waals surface area contributed by atoms with Crippen LogP contribution in [0.4, 0.5) is 0 Å². The number of halogens is 2.